The van der Waals surface area contributed by atoms with Crippen LogP contribution in [-0.4, -0.2) is 56.5 Å². The van der Waals surface area contributed by atoms with Crippen molar-refractivity contribution in [1.82, 2.24) is 9.78 Å². The van der Waals surface area contributed by atoms with E-state index in [4.69, 9.17) is 14.2 Å². The third-order valence-electron chi connectivity index (χ3n) is 2.61. The van der Waals surface area contributed by atoms with Crippen molar-refractivity contribution in [1.29, 1.82) is 0 Å². The summed E-state index contributed by atoms with van der Waals surface area (Å²) in [6.07, 6.45) is 2.92. The number of aryl methyl sites for hydroxylation is 2. The van der Waals surface area contributed by atoms with Gasteiger partial charge in [-0.2, -0.15) is 5.10 Å². The molecule has 0 aromatic carbocycles. The molecule has 19 heavy (non-hydrogen) atoms. The van der Waals surface area contributed by atoms with Gasteiger partial charge >= 0.3 is 0 Å². The van der Waals surface area contributed by atoms with Gasteiger partial charge in [-0.3, -0.25) is 4.68 Å². The lowest BCUT2D eigenvalue weighted by molar-refractivity contribution is 0.0272. The Morgan fingerprint density at radius 3 is 2.53 bits per heavy atom. The van der Waals surface area contributed by atoms with Crippen molar-refractivity contribution in [2.24, 2.45) is 7.05 Å². The van der Waals surface area contributed by atoms with Crippen molar-refractivity contribution in [3.05, 3.63) is 11.9 Å². The van der Waals surface area contributed by atoms with E-state index in [9.17, 15) is 0 Å². The third-order valence-corrected chi connectivity index (χ3v) is 2.61. The smallest absolute Gasteiger partial charge is 0.0853 e. The molecule has 0 bridgehead atoms. The highest BCUT2D eigenvalue weighted by Crippen LogP contribution is 2.12. The van der Waals surface area contributed by atoms with Gasteiger partial charge in [-0.25, -0.2) is 0 Å². The number of anilines is 1. The van der Waals surface area contributed by atoms with E-state index >= 15 is 0 Å². The van der Waals surface area contributed by atoms with Gasteiger partial charge in [0.05, 0.1) is 44.4 Å². The fourth-order valence-corrected chi connectivity index (χ4v) is 1.67. The summed E-state index contributed by atoms with van der Waals surface area (Å²) in [5.74, 6) is 0. The second kappa shape index (κ2) is 9.77. The lowest BCUT2D eigenvalue weighted by atomic mass is 10.3. The molecule has 0 unspecified atom stereocenters. The van der Waals surface area contributed by atoms with Crippen LogP contribution in [0.3, 0.4) is 0 Å². The van der Waals surface area contributed by atoms with Crippen LogP contribution in [0, 0.1) is 0 Å². The number of nitrogens with one attached hydrogen (secondary N) is 1. The second-order valence-electron chi connectivity index (χ2n) is 4.16. The van der Waals surface area contributed by atoms with Gasteiger partial charge in [0, 0.05) is 26.9 Å². The van der Waals surface area contributed by atoms with Crippen LogP contribution in [0.5, 0.6) is 0 Å². The standard InChI is InChI=1S/C13H25N3O3/c1-4-12-13(11-16(2)15-12)14-5-6-18-9-10-19-8-7-17-3/h11,14H,4-10H2,1-3H3. The fraction of sp³-hybridized carbons (Fsp3) is 0.769. The summed E-state index contributed by atoms with van der Waals surface area (Å²) < 4.78 is 17.5. The molecular formula is C13H25N3O3. The van der Waals surface area contributed by atoms with E-state index in [0.29, 0.717) is 33.0 Å². The zero-order valence-electron chi connectivity index (χ0n) is 12.1. The molecule has 1 N–H and O–H groups in total. The Kier molecular flexibility index (Phi) is 8.20. The summed E-state index contributed by atoms with van der Waals surface area (Å²) in [5.41, 5.74) is 2.18. The van der Waals surface area contributed by atoms with Crippen molar-refractivity contribution in [3.8, 4) is 0 Å². The number of aromatic nitrogens is 2. The van der Waals surface area contributed by atoms with Crippen LogP contribution in [0.15, 0.2) is 6.20 Å². The first-order valence-corrected chi connectivity index (χ1v) is 6.68. The number of nitrogens with zero attached hydrogens (tertiary/aromatic N) is 2. The molecule has 0 fully saturated rings. The van der Waals surface area contributed by atoms with Crippen LogP contribution in [0.1, 0.15) is 12.6 Å². The van der Waals surface area contributed by atoms with Gasteiger partial charge in [0.2, 0.25) is 0 Å². The highest BCUT2D eigenvalue weighted by Gasteiger charge is 2.04. The molecule has 1 heterocycles. The van der Waals surface area contributed by atoms with E-state index in [1.807, 2.05) is 17.9 Å². The van der Waals surface area contributed by atoms with Crippen LogP contribution in [0.4, 0.5) is 5.69 Å². The Morgan fingerprint density at radius 2 is 1.84 bits per heavy atom. The number of ether oxygens (including phenoxy) is 3. The normalized spacial score (nSPS) is 10.9. The summed E-state index contributed by atoms with van der Waals surface area (Å²) in [7, 11) is 3.59. The lowest BCUT2D eigenvalue weighted by Crippen LogP contribution is -2.13. The lowest BCUT2D eigenvalue weighted by Gasteiger charge is -2.07. The van der Waals surface area contributed by atoms with Crippen LogP contribution >= 0.6 is 0 Å². The Morgan fingerprint density at radius 1 is 1.16 bits per heavy atom. The summed E-state index contributed by atoms with van der Waals surface area (Å²) in [6.45, 7) is 6.00. The molecule has 0 aliphatic carbocycles. The van der Waals surface area contributed by atoms with E-state index in [0.717, 1.165) is 24.3 Å². The molecule has 110 valence electrons. The molecule has 1 rings (SSSR count). The molecule has 6 nitrogen and oxygen atoms in total. The highest BCUT2D eigenvalue weighted by atomic mass is 16.5. The first kappa shape index (κ1) is 15.9. The van der Waals surface area contributed by atoms with Crippen molar-refractivity contribution >= 4 is 5.69 Å². The fourth-order valence-electron chi connectivity index (χ4n) is 1.67. The third kappa shape index (κ3) is 6.56. The molecule has 1 aromatic rings. The molecule has 0 saturated carbocycles. The monoisotopic (exact) mass is 271 g/mol. The minimum absolute atomic E-state index is 0.608. The summed E-state index contributed by atoms with van der Waals surface area (Å²) in [4.78, 5) is 0. The van der Waals surface area contributed by atoms with Gasteiger partial charge < -0.3 is 19.5 Å². The van der Waals surface area contributed by atoms with E-state index in [1.165, 1.54) is 0 Å². The molecule has 6 heteroatoms. The van der Waals surface area contributed by atoms with Gasteiger partial charge in [-0.1, -0.05) is 6.92 Å². The van der Waals surface area contributed by atoms with Gasteiger partial charge in [0.25, 0.3) is 0 Å². The molecule has 0 saturated heterocycles. The SMILES string of the molecule is CCc1nn(C)cc1NCCOCCOCCOC. The van der Waals surface area contributed by atoms with Crippen molar-refractivity contribution in [3.63, 3.8) is 0 Å². The van der Waals surface area contributed by atoms with Crippen molar-refractivity contribution in [2.75, 3.05) is 52.0 Å². The molecule has 0 aliphatic heterocycles. The largest absolute Gasteiger partial charge is 0.382 e. The average molecular weight is 271 g/mol. The van der Waals surface area contributed by atoms with E-state index in [1.54, 1.807) is 7.11 Å². The predicted octanol–water partition coefficient (Wildman–Crippen LogP) is 1.07. The molecule has 0 aliphatic rings. The maximum Gasteiger partial charge on any atom is 0.0853 e. The van der Waals surface area contributed by atoms with Gasteiger partial charge in [0.1, 0.15) is 0 Å². The van der Waals surface area contributed by atoms with Crippen LogP contribution in [-0.2, 0) is 27.7 Å². The molecular weight excluding hydrogens is 246 g/mol. The number of hydrogen-bond acceptors (Lipinski definition) is 5. The highest BCUT2D eigenvalue weighted by molar-refractivity contribution is 5.46. The molecule has 0 radical (unpaired) electrons. The maximum atomic E-state index is 5.46. The van der Waals surface area contributed by atoms with Gasteiger partial charge in [-0.05, 0) is 6.42 Å². The first-order valence-electron chi connectivity index (χ1n) is 6.68. The summed E-state index contributed by atoms with van der Waals surface area (Å²) in [6, 6.07) is 0. The van der Waals surface area contributed by atoms with E-state index < -0.39 is 0 Å². The first-order chi connectivity index (χ1) is 9.27. The Hall–Kier alpha value is -1.11. The average Bonchev–Trinajstić information content (AvgIpc) is 2.77. The summed E-state index contributed by atoms with van der Waals surface area (Å²) >= 11 is 0. The molecule has 0 amide bonds. The zero-order chi connectivity index (χ0) is 13.9. The Bertz CT molecular complexity index is 342. The van der Waals surface area contributed by atoms with Gasteiger partial charge in [-0.15, -0.1) is 0 Å². The molecule has 0 atom stereocenters. The van der Waals surface area contributed by atoms with Gasteiger partial charge in [0.15, 0.2) is 0 Å². The second-order valence-corrected chi connectivity index (χ2v) is 4.16. The van der Waals surface area contributed by atoms with Crippen molar-refractivity contribution in [2.45, 2.75) is 13.3 Å². The van der Waals surface area contributed by atoms with Crippen molar-refractivity contribution < 1.29 is 14.2 Å². The van der Waals surface area contributed by atoms with Crippen LogP contribution in [0.25, 0.3) is 0 Å². The molecule has 0 spiro atoms. The maximum absolute atomic E-state index is 5.46. The number of methoxy groups -OCH3 is 1. The molecule has 1 aromatic heterocycles. The number of rotatable bonds is 11. The number of hydrogen-bond donors (Lipinski definition) is 1. The minimum Gasteiger partial charge on any atom is -0.382 e. The predicted molar refractivity (Wildman–Crippen MR) is 74.6 cm³/mol. The minimum atomic E-state index is 0.608. The topological polar surface area (TPSA) is 57.5 Å². The van der Waals surface area contributed by atoms with E-state index in [-0.39, 0.29) is 0 Å². The van der Waals surface area contributed by atoms with Crippen LogP contribution in [0.2, 0.25) is 0 Å². The Labute approximate surface area is 115 Å². The Balaban J connectivity index is 2.01. The summed E-state index contributed by atoms with van der Waals surface area (Å²) in [5, 5.41) is 7.69. The van der Waals surface area contributed by atoms with E-state index in [2.05, 4.69) is 17.3 Å². The zero-order valence-corrected chi connectivity index (χ0v) is 12.1. The quantitative estimate of drug-likeness (QED) is 0.610. The van der Waals surface area contributed by atoms with Crippen LogP contribution < -0.4 is 5.32 Å².